The van der Waals surface area contributed by atoms with Crippen LogP contribution in [-0.2, 0) is 0 Å². The summed E-state index contributed by atoms with van der Waals surface area (Å²) >= 11 is 0. The van der Waals surface area contributed by atoms with Gasteiger partial charge in [-0.1, -0.05) is 32.6 Å². The van der Waals surface area contributed by atoms with Gasteiger partial charge in [0, 0.05) is 18.6 Å². The number of rotatable bonds is 9. The molecule has 4 rings (SSSR count). The summed E-state index contributed by atoms with van der Waals surface area (Å²) in [5, 5.41) is 3.36. The van der Waals surface area contributed by atoms with Crippen LogP contribution in [0, 0.1) is 0 Å². The van der Waals surface area contributed by atoms with Gasteiger partial charge in [-0.3, -0.25) is 4.90 Å². The molecule has 0 radical (unpaired) electrons. The Balaban J connectivity index is 1.33. The van der Waals surface area contributed by atoms with Crippen molar-refractivity contribution in [3.05, 3.63) is 0 Å². The Morgan fingerprint density at radius 1 is 1.10 bits per heavy atom. The molecule has 162 valence electrons. The van der Waals surface area contributed by atoms with E-state index in [4.69, 9.17) is 10.5 Å². The Kier molecular flexibility index (Phi) is 6.95. The summed E-state index contributed by atoms with van der Waals surface area (Å²) in [5.74, 6) is 1.39. The van der Waals surface area contributed by atoms with Crippen LogP contribution in [-0.4, -0.2) is 53.3 Å². The monoisotopic (exact) mass is 402 g/mol. The molecule has 3 N–H and O–H groups in total. The standard InChI is InChI=1S/C22H38N6O/c1-2-3-15-29-22-25-20(23)19-21(26-22)27(16-24-19)13-8-12-18-11-6-7-14-28(18)17-9-4-5-10-17/h17-18,24H,2-16H2,1H3,(H2,23,25,26). The molecule has 1 aliphatic carbocycles. The first-order valence-electron chi connectivity index (χ1n) is 11.8. The lowest BCUT2D eigenvalue weighted by Gasteiger charge is -2.40. The number of nitrogens with zero attached hydrogens (tertiary/aromatic N) is 4. The van der Waals surface area contributed by atoms with Gasteiger partial charge in [0.15, 0.2) is 11.6 Å². The number of aromatic nitrogens is 2. The Labute approximate surface area is 175 Å². The van der Waals surface area contributed by atoms with Gasteiger partial charge in [0.2, 0.25) is 0 Å². The van der Waals surface area contributed by atoms with E-state index in [2.05, 4.69) is 32.0 Å². The minimum Gasteiger partial charge on any atom is -0.463 e. The molecule has 2 aliphatic heterocycles. The smallest absolute Gasteiger partial charge is 0.320 e. The molecule has 0 amide bonds. The van der Waals surface area contributed by atoms with Gasteiger partial charge in [0.25, 0.3) is 0 Å². The first-order chi connectivity index (χ1) is 14.3. The summed E-state index contributed by atoms with van der Waals surface area (Å²) in [6.07, 6.45) is 14.4. The van der Waals surface area contributed by atoms with Crippen LogP contribution >= 0.6 is 0 Å². The number of anilines is 3. The average Bonchev–Trinajstić information content (AvgIpc) is 3.39. The highest BCUT2D eigenvalue weighted by atomic mass is 16.5. The van der Waals surface area contributed by atoms with Gasteiger partial charge in [0.1, 0.15) is 5.69 Å². The minimum absolute atomic E-state index is 0.406. The fourth-order valence-electron chi connectivity index (χ4n) is 5.22. The quantitative estimate of drug-likeness (QED) is 0.604. The van der Waals surface area contributed by atoms with Crippen molar-refractivity contribution >= 4 is 17.3 Å². The van der Waals surface area contributed by atoms with E-state index in [1.54, 1.807) is 0 Å². The van der Waals surface area contributed by atoms with Gasteiger partial charge in [-0.2, -0.15) is 9.97 Å². The molecule has 1 unspecified atom stereocenters. The van der Waals surface area contributed by atoms with Crippen molar-refractivity contribution in [3.8, 4) is 6.01 Å². The maximum absolute atomic E-state index is 6.15. The van der Waals surface area contributed by atoms with Gasteiger partial charge < -0.3 is 20.7 Å². The third-order valence-electron chi connectivity index (χ3n) is 6.80. The largest absolute Gasteiger partial charge is 0.463 e. The van der Waals surface area contributed by atoms with Crippen LogP contribution in [0.3, 0.4) is 0 Å². The molecule has 3 heterocycles. The predicted molar refractivity (Wildman–Crippen MR) is 119 cm³/mol. The lowest BCUT2D eigenvalue weighted by Crippen LogP contribution is -2.45. The molecular formula is C22H38N6O. The van der Waals surface area contributed by atoms with Crippen LogP contribution in [0.1, 0.15) is 77.6 Å². The van der Waals surface area contributed by atoms with Crippen molar-refractivity contribution in [1.29, 1.82) is 0 Å². The van der Waals surface area contributed by atoms with Crippen LogP contribution < -0.4 is 20.7 Å². The van der Waals surface area contributed by atoms with Gasteiger partial charge in [-0.15, -0.1) is 0 Å². The maximum atomic E-state index is 6.15. The van der Waals surface area contributed by atoms with Crippen molar-refractivity contribution in [2.24, 2.45) is 0 Å². The zero-order valence-electron chi connectivity index (χ0n) is 18.0. The third-order valence-corrected chi connectivity index (χ3v) is 6.80. The summed E-state index contributed by atoms with van der Waals surface area (Å²) < 4.78 is 5.71. The molecule has 1 saturated heterocycles. The first-order valence-corrected chi connectivity index (χ1v) is 11.8. The fraction of sp³-hybridized carbons (Fsp3) is 0.818. The minimum atomic E-state index is 0.406. The Morgan fingerprint density at radius 3 is 2.76 bits per heavy atom. The van der Waals surface area contributed by atoms with Crippen molar-refractivity contribution in [2.75, 3.05) is 42.3 Å². The van der Waals surface area contributed by atoms with E-state index >= 15 is 0 Å². The summed E-state index contributed by atoms with van der Waals surface area (Å²) in [6, 6.07) is 2.03. The van der Waals surface area contributed by atoms with Crippen molar-refractivity contribution in [1.82, 2.24) is 14.9 Å². The Morgan fingerprint density at radius 2 is 1.93 bits per heavy atom. The molecular weight excluding hydrogens is 364 g/mol. The topological polar surface area (TPSA) is 79.5 Å². The molecule has 1 atom stereocenters. The number of nitrogens with one attached hydrogen (secondary N) is 1. The molecule has 7 heteroatoms. The zero-order chi connectivity index (χ0) is 20.1. The fourth-order valence-corrected chi connectivity index (χ4v) is 5.22. The lowest BCUT2D eigenvalue weighted by molar-refractivity contribution is 0.0902. The number of likely N-dealkylation sites (tertiary alicyclic amines) is 1. The summed E-state index contributed by atoms with van der Waals surface area (Å²) in [4.78, 5) is 14.1. The first kappa shape index (κ1) is 20.5. The van der Waals surface area contributed by atoms with Crippen molar-refractivity contribution in [2.45, 2.75) is 89.6 Å². The second-order valence-corrected chi connectivity index (χ2v) is 8.86. The molecule has 2 fully saturated rings. The average molecular weight is 403 g/mol. The lowest BCUT2D eigenvalue weighted by atomic mass is 9.95. The summed E-state index contributed by atoms with van der Waals surface area (Å²) in [6.45, 7) is 5.85. The van der Waals surface area contributed by atoms with E-state index in [9.17, 15) is 0 Å². The summed E-state index contributed by atoms with van der Waals surface area (Å²) in [7, 11) is 0. The number of unbranched alkanes of at least 4 members (excludes halogenated alkanes) is 1. The molecule has 29 heavy (non-hydrogen) atoms. The highest BCUT2D eigenvalue weighted by molar-refractivity contribution is 5.80. The second kappa shape index (κ2) is 9.83. The van der Waals surface area contributed by atoms with Gasteiger partial charge in [0.05, 0.1) is 13.3 Å². The SMILES string of the molecule is CCCCOc1nc(N)c2c(n1)N(CCCC1CCCCN1C1CCCC1)CN2. The number of ether oxygens (including phenoxy) is 1. The van der Waals surface area contributed by atoms with Gasteiger partial charge >= 0.3 is 6.01 Å². The van der Waals surface area contributed by atoms with E-state index in [0.29, 0.717) is 18.4 Å². The number of nitrogen functional groups attached to an aromatic ring is 1. The van der Waals surface area contributed by atoms with Gasteiger partial charge in [-0.25, -0.2) is 0 Å². The molecule has 1 saturated carbocycles. The molecule has 7 nitrogen and oxygen atoms in total. The van der Waals surface area contributed by atoms with Crippen LogP contribution in [0.2, 0.25) is 0 Å². The molecule has 0 aromatic carbocycles. The molecule has 1 aromatic heterocycles. The van der Waals surface area contributed by atoms with Crippen LogP contribution in [0.4, 0.5) is 17.3 Å². The van der Waals surface area contributed by atoms with E-state index in [-0.39, 0.29) is 0 Å². The zero-order valence-corrected chi connectivity index (χ0v) is 18.0. The van der Waals surface area contributed by atoms with Crippen molar-refractivity contribution in [3.63, 3.8) is 0 Å². The third kappa shape index (κ3) is 4.87. The van der Waals surface area contributed by atoms with Crippen LogP contribution in [0.15, 0.2) is 0 Å². The molecule has 3 aliphatic rings. The van der Waals surface area contributed by atoms with E-state index < -0.39 is 0 Å². The van der Waals surface area contributed by atoms with Crippen molar-refractivity contribution < 1.29 is 4.74 Å². The Bertz CT molecular complexity index is 663. The molecule has 1 aromatic rings. The number of hydrogen-bond acceptors (Lipinski definition) is 7. The van der Waals surface area contributed by atoms with E-state index in [1.165, 1.54) is 64.3 Å². The number of piperidine rings is 1. The second-order valence-electron chi connectivity index (χ2n) is 8.86. The number of nitrogens with two attached hydrogens (primary N) is 1. The highest BCUT2D eigenvalue weighted by Crippen LogP contribution is 2.36. The Hall–Kier alpha value is -1.76. The van der Waals surface area contributed by atoms with Crippen LogP contribution in [0.5, 0.6) is 6.01 Å². The van der Waals surface area contributed by atoms with Crippen LogP contribution in [0.25, 0.3) is 0 Å². The number of hydrogen-bond donors (Lipinski definition) is 2. The van der Waals surface area contributed by atoms with E-state index in [0.717, 1.165) is 49.6 Å². The maximum Gasteiger partial charge on any atom is 0.320 e. The molecule has 0 spiro atoms. The summed E-state index contributed by atoms with van der Waals surface area (Å²) in [5.41, 5.74) is 7.01. The van der Waals surface area contributed by atoms with Gasteiger partial charge in [-0.05, 0) is 51.5 Å². The molecule has 0 bridgehead atoms. The predicted octanol–water partition coefficient (Wildman–Crippen LogP) is 4.00. The normalized spacial score (nSPS) is 22.7. The number of fused-ring (bicyclic) bond motifs is 1. The highest BCUT2D eigenvalue weighted by Gasteiger charge is 2.31. The van der Waals surface area contributed by atoms with E-state index in [1.807, 2.05) is 0 Å².